The molecule has 3 saturated heterocycles. The SMILES string of the molecule is O=C1CC[C@@H](C(=O)N2CCCN(CC(=O)N3CCCCC3)CC2)N1. The fourth-order valence-electron chi connectivity index (χ4n) is 3.80. The Bertz CT molecular complexity index is 490. The minimum absolute atomic E-state index is 0.0306. The highest BCUT2D eigenvalue weighted by Crippen LogP contribution is 2.13. The van der Waals surface area contributed by atoms with E-state index in [1.54, 1.807) is 0 Å². The smallest absolute Gasteiger partial charge is 0.245 e. The average molecular weight is 336 g/mol. The molecule has 0 aromatic carbocycles. The Hall–Kier alpha value is -1.63. The summed E-state index contributed by atoms with van der Waals surface area (Å²) in [5.41, 5.74) is 0. The molecule has 3 fully saturated rings. The van der Waals surface area contributed by atoms with E-state index in [0.717, 1.165) is 45.4 Å². The number of carbonyl (C=O) groups excluding carboxylic acids is 3. The van der Waals surface area contributed by atoms with Gasteiger partial charge in [0.25, 0.3) is 0 Å². The van der Waals surface area contributed by atoms with Gasteiger partial charge in [0.2, 0.25) is 17.7 Å². The topological polar surface area (TPSA) is 73.0 Å². The van der Waals surface area contributed by atoms with Crippen LogP contribution >= 0.6 is 0 Å². The zero-order chi connectivity index (χ0) is 16.9. The Morgan fingerprint density at radius 2 is 1.67 bits per heavy atom. The van der Waals surface area contributed by atoms with Crippen LogP contribution in [0.15, 0.2) is 0 Å². The average Bonchev–Trinajstić information content (AvgIpc) is 2.90. The van der Waals surface area contributed by atoms with Crippen LogP contribution in [0.4, 0.5) is 0 Å². The minimum Gasteiger partial charge on any atom is -0.344 e. The number of piperidine rings is 1. The number of amides is 3. The molecule has 3 amide bonds. The lowest BCUT2D eigenvalue weighted by atomic mass is 10.1. The van der Waals surface area contributed by atoms with E-state index in [1.165, 1.54) is 6.42 Å². The van der Waals surface area contributed by atoms with Gasteiger partial charge in [0.1, 0.15) is 6.04 Å². The molecule has 0 aromatic rings. The molecule has 3 aliphatic rings. The minimum atomic E-state index is -0.348. The molecule has 0 bridgehead atoms. The molecule has 134 valence electrons. The summed E-state index contributed by atoms with van der Waals surface area (Å²) in [6.45, 7) is 5.16. The highest BCUT2D eigenvalue weighted by molar-refractivity contribution is 5.90. The Kier molecular flexibility index (Phi) is 5.71. The molecule has 0 unspecified atom stereocenters. The third kappa shape index (κ3) is 4.26. The summed E-state index contributed by atoms with van der Waals surface area (Å²) in [5, 5.41) is 2.75. The summed E-state index contributed by atoms with van der Waals surface area (Å²) in [6.07, 6.45) is 5.37. The molecular weight excluding hydrogens is 308 g/mol. The summed E-state index contributed by atoms with van der Waals surface area (Å²) in [5.74, 6) is 0.222. The van der Waals surface area contributed by atoms with Crippen molar-refractivity contribution in [2.45, 2.75) is 44.6 Å². The van der Waals surface area contributed by atoms with Gasteiger partial charge in [-0.2, -0.15) is 0 Å². The number of nitrogens with one attached hydrogen (secondary N) is 1. The first kappa shape index (κ1) is 17.2. The summed E-state index contributed by atoms with van der Waals surface area (Å²) in [7, 11) is 0. The van der Waals surface area contributed by atoms with Gasteiger partial charge in [0.15, 0.2) is 0 Å². The van der Waals surface area contributed by atoms with E-state index in [9.17, 15) is 14.4 Å². The molecule has 0 aromatic heterocycles. The third-order valence-electron chi connectivity index (χ3n) is 5.26. The molecule has 24 heavy (non-hydrogen) atoms. The van der Waals surface area contributed by atoms with Gasteiger partial charge in [-0.05, 0) is 32.1 Å². The molecule has 1 atom stereocenters. The second kappa shape index (κ2) is 7.96. The zero-order valence-electron chi connectivity index (χ0n) is 14.3. The van der Waals surface area contributed by atoms with E-state index in [1.807, 2.05) is 9.80 Å². The summed E-state index contributed by atoms with van der Waals surface area (Å²) in [6, 6.07) is -0.348. The maximum absolute atomic E-state index is 12.5. The largest absolute Gasteiger partial charge is 0.344 e. The number of rotatable bonds is 3. The summed E-state index contributed by atoms with van der Waals surface area (Å²) >= 11 is 0. The van der Waals surface area contributed by atoms with Gasteiger partial charge < -0.3 is 15.1 Å². The van der Waals surface area contributed by atoms with Crippen molar-refractivity contribution < 1.29 is 14.4 Å². The van der Waals surface area contributed by atoms with E-state index in [2.05, 4.69) is 10.2 Å². The standard InChI is InChI=1S/C17H28N4O3/c22-15-6-5-14(18-15)17(24)21-10-4-7-19(11-12-21)13-16(23)20-8-2-1-3-9-20/h14H,1-13H2,(H,18,22)/t14-/m0/s1. The van der Waals surface area contributed by atoms with Crippen LogP contribution in [0, 0.1) is 0 Å². The molecule has 0 aliphatic carbocycles. The number of nitrogens with zero attached hydrogens (tertiary/aromatic N) is 3. The second-order valence-electron chi connectivity index (χ2n) is 7.06. The fourth-order valence-corrected chi connectivity index (χ4v) is 3.80. The van der Waals surface area contributed by atoms with Crippen LogP contribution in [-0.2, 0) is 14.4 Å². The number of likely N-dealkylation sites (tertiary alicyclic amines) is 1. The van der Waals surface area contributed by atoms with Gasteiger partial charge >= 0.3 is 0 Å². The lowest BCUT2D eigenvalue weighted by molar-refractivity contribution is -0.134. The Morgan fingerprint density at radius 1 is 0.917 bits per heavy atom. The first-order valence-corrected chi connectivity index (χ1v) is 9.22. The van der Waals surface area contributed by atoms with Crippen LogP contribution in [0.3, 0.4) is 0 Å². The Morgan fingerprint density at radius 3 is 2.38 bits per heavy atom. The van der Waals surface area contributed by atoms with Crippen LogP contribution in [0.5, 0.6) is 0 Å². The molecule has 7 nitrogen and oxygen atoms in total. The molecular formula is C17H28N4O3. The van der Waals surface area contributed by atoms with E-state index in [-0.39, 0.29) is 23.8 Å². The van der Waals surface area contributed by atoms with Crippen LogP contribution in [0.25, 0.3) is 0 Å². The second-order valence-corrected chi connectivity index (χ2v) is 7.06. The molecule has 1 N–H and O–H groups in total. The van der Waals surface area contributed by atoms with Crippen molar-refractivity contribution in [3.63, 3.8) is 0 Å². The van der Waals surface area contributed by atoms with E-state index in [0.29, 0.717) is 32.5 Å². The molecule has 0 radical (unpaired) electrons. The predicted molar refractivity (Wildman–Crippen MR) is 89.2 cm³/mol. The monoisotopic (exact) mass is 336 g/mol. The Labute approximate surface area is 143 Å². The van der Waals surface area contributed by atoms with Crippen LogP contribution in [0.1, 0.15) is 38.5 Å². The van der Waals surface area contributed by atoms with Crippen LogP contribution < -0.4 is 5.32 Å². The van der Waals surface area contributed by atoms with Gasteiger partial charge in [-0.1, -0.05) is 0 Å². The zero-order valence-corrected chi connectivity index (χ0v) is 14.3. The molecule has 0 spiro atoms. The van der Waals surface area contributed by atoms with Crippen LogP contribution in [-0.4, -0.2) is 84.3 Å². The quantitative estimate of drug-likeness (QED) is 0.775. The van der Waals surface area contributed by atoms with Gasteiger partial charge in [0.05, 0.1) is 6.54 Å². The molecule has 0 saturated carbocycles. The van der Waals surface area contributed by atoms with Gasteiger partial charge in [0, 0.05) is 45.7 Å². The normalized spacial score (nSPS) is 26.2. The number of hydrogen-bond acceptors (Lipinski definition) is 4. The van der Waals surface area contributed by atoms with E-state index < -0.39 is 0 Å². The first-order chi connectivity index (χ1) is 11.6. The third-order valence-corrected chi connectivity index (χ3v) is 5.26. The van der Waals surface area contributed by atoms with Crippen molar-refractivity contribution in [1.29, 1.82) is 0 Å². The van der Waals surface area contributed by atoms with Crippen molar-refractivity contribution in [2.24, 2.45) is 0 Å². The van der Waals surface area contributed by atoms with Crippen molar-refractivity contribution in [3.8, 4) is 0 Å². The lowest BCUT2D eigenvalue weighted by Crippen LogP contribution is -2.46. The van der Waals surface area contributed by atoms with Crippen molar-refractivity contribution >= 4 is 17.7 Å². The van der Waals surface area contributed by atoms with Crippen molar-refractivity contribution in [1.82, 2.24) is 20.0 Å². The summed E-state index contributed by atoms with van der Waals surface area (Å²) < 4.78 is 0. The fraction of sp³-hybridized carbons (Fsp3) is 0.824. The van der Waals surface area contributed by atoms with E-state index >= 15 is 0 Å². The summed E-state index contributed by atoms with van der Waals surface area (Å²) in [4.78, 5) is 42.2. The van der Waals surface area contributed by atoms with Crippen LogP contribution in [0.2, 0.25) is 0 Å². The maximum Gasteiger partial charge on any atom is 0.245 e. The molecule has 3 rings (SSSR count). The maximum atomic E-state index is 12.5. The van der Waals surface area contributed by atoms with Gasteiger partial charge in [-0.3, -0.25) is 19.3 Å². The molecule has 3 heterocycles. The predicted octanol–water partition coefficient (Wildman–Crippen LogP) is -0.188. The Balaban J connectivity index is 1.47. The lowest BCUT2D eigenvalue weighted by Gasteiger charge is -2.29. The van der Waals surface area contributed by atoms with Crippen molar-refractivity contribution in [3.05, 3.63) is 0 Å². The highest BCUT2D eigenvalue weighted by Gasteiger charge is 2.31. The van der Waals surface area contributed by atoms with Gasteiger partial charge in [-0.25, -0.2) is 0 Å². The molecule has 3 aliphatic heterocycles. The van der Waals surface area contributed by atoms with E-state index in [4.69, 9.17) is 0 Å². The molecule has 7 heteroatoms. The number of carbonyl (C=O) groups is 3. The van der Waals surface area contributed by atoms with Gasteiger partial charge in [-0.15, -0.1) is 0 Å². The highest BCUT2D eigenvalue weighted by atomic mass is 16.2. The first-order valence-electron chi connectivity index (χ1n) is 9.22. The number of hydrogen-bond donors (Lipinski definition) is 1. The van der Waals surface area contributed by atoms with Crippen molar-refractivity contribution in [2.75, 3.05) is 45.8 Å².